The second-order valence-electron chi connectivity index (χ2n) is 4.45. The predicted molar refractivity (Wildman–Crippen MR) is 58.6 cm³/mol. The quantitative estimate of drug-likeness (QED) is 0.659. The van der Waals surface area contributed by atoms with Crippen LogP contribution in [0.15, 0.2) is 12.2 Å². The van der Waals surface area contributed by atoms with Crippen molar-refractivity contribution in [1.29, 1.82) is 0 Å². The molecule has 0 aromatic carbocycles. The lowest BCUT2D eigenvalue weighted by molar-refractivity contribution is -0.154. The van der Waals surface area contributed by atoms with Gasteiger partial charge in [0.15, 0.2) is 0 Å². The minimum atomic E-state index is -0.387. The molecule has 2 aliphatic rings. The van der Waals surface area contributed by atoms with Crippen LogP contribution in [0.1, 0.15) is 26.7 Å². The summed E-state index contributed by atoms with van der Waals surface area (Å²) >= 11 is 0. The zero-order valence-corrected chi connectivity index (χ0v) is 9.68. The van der Waals surface area contributed by atoms with Gasteiger partial charge in [0.1, 0.15) is 6.04 Å². The van der Waals surface area contributed by atoms with Gasteiger partial charge >= 0.3 is 5.97 Å². The monoisotopic (exact) mass is 223 g/mol. The number of amides is 1. The lowest BCUT2D eigenvalue weighted by Gasteiger charge is -2.30. The Morgan fingerprint density at radius 1 is 1.62 bits per heavy atom. The zero-order valence-electron chi connectivity index (χ0n) is 9.68. The summed E-state index contributed by atoms with van der Waals surface area (Å²) in [5.74, 6) is -0.132. The van der Waals surface area contributed by atoms with Crippen LogP contribution in [0, 0.1) is 5.92 Å². The summed E-state index contributed by atoms with van der Waals surface area (Å²) in [6, 6.07) is -0.204. The van der Waals surface area contributed by atoms with Crippen molar-refractivity contribution in [2.45, 2.75) is 38.8 Å². The fourth-order valence-corrected chi connectivity index (χ4v) is 2.69. The van der Waals surface area contributed by atoms with E-state index in [1.165, 1.54) is 0 Å². The van der Waals surface area contributed by atoms with Crippen LogP contribution >= 0.6 is 0 Å². The predicted octanol–water partition coefficient (Wildman–Crippen LogP) is 1.11. The molecule has 0 radical (unpaired) electrons. The first-order valence-corrected chi connectivity index (χ1v) is 5.80. The van der Waals surface area contributed by atoms with Crippen LogP contribution in [0.3, 0.4) is 0 Å². The van der Waals surface area contributed by atoms with Crippen LogP contribution in [0.5, 0.6) is 0 Å². The summed E-state index contributed by atoms with van der Waals surface area (Å²) in [6.45, 7) is 4.16. The van der Waals surface area contributed by atoms with Crippen molar-refractivity contribution >= 4 is 11.9 Å². The van der Waals surface area contributed by atoms with E-state index in [9.17, 15) is 9.59 Å². The number of carbonyl (C=O) groups is 2. The fourth-order valence-electron chi connectivity index (χ4n) is 2.69. The van der Waals surface area contributed by atoms with Gasteiger partial charge in [0.2, 0.25) is 5.91 Å². The Morgan fingerprint density at radius 2 is 2.38 bits per heavy atom. The molecule has 0 N–H and O–H groups in total. The molecular weight excluding hydrogens is 206 g/mol. The Hall–Kier alpha value is -1.32. The normalized spacial score (nSPS) is 32.8. The Morgan fingerprint density at radius 3 is 3.06 bits per heavy atom. The van der Waals surface area contributed by atoms with Crippen LogP contribution in [-0.2, 0) is 14.3 Å². The summed E-state index contributed by atoms with van der Waals surface area (Å²) in [5.41, 5.74) is 0. The molecule has 4 nitrogen and oxygen atoms in total. The largest absolute Gasteiger partial charge is 0.464 e. The number of rotatable bonds is 2. The van der Waals surface area contributed by atoms with Crippen LogP contribution in [0.25, 0.3) is 0 Å². The van der Waals surface area contributed by atoms with Gasteiger partial charge in [-0.05, 0) is 31.8 Å². The average molecular weight is 223 g/mol. The third-order valence-corrected chi connectivity index (χ3v) is 3.33. The zero-order chi connectivity index (χ0) is 11.7. The van der Waals surface area contributed by atoms with Gasteiger partial charge in [-0.1, -0.05) is 13.0 Å². The summed E-state index contributed by atoms with van der Waals surface area (Å²) < 4.78 is 5.04. The molecule has 1 fully saturated rings. The van der Waals surface area contributed by atoms with Gasteiger partial charge in [0.25, 0.3) is 0 Å². The smallest absolute Gasteiger partial charge is 0.329 e. The van der Waals surface area contributed by atoms with Gasteiger partial charge in [0.05, 0.1) is 6.61 Å². The fraction of sp³-hybridized carbons (Fsp3) is 0.667. The minimum Gasteiger partial charge on any atom is -0.464 e. The van der Waals surface area contributed by atoms with E-state index in [1.807, 2.05) is 13.0 Å². The minimum absolute atomic E-state index is 0.0568. The lowest BCUT2D eigenvalue weighted by atomic mass is 10.0. The highest BCUT2D eigenvalue weighted by atomic mass is 16.5. The van der Waals surface area contributed by atoms with Gasteiger partial charge in [-0.15, -0.1) is 0 Å². The highest BCUT2D eigenvalue weighted by molar-refractivity contribution is 5.93. The second kappa shape index (κ2) is 4.28. The van der Waals surface area contributed by atoms with Gasteiger partial charge < -0.3 is 9.64 Å². The molecule has 3 atom stereocenters. The Labute approximate surface area is 95.2 Å². The van der Waals surface area contributed by atoms with Crippen molar-refractivity contribution < 1.29 is 14.3 Å². The van der Waals surface area contributed by atoms with E-state index >= 15 is 0 Å². The van der Waals surface area contributed by atoms with E-state index in [1.54, 1.807) is 17.9 Å². The van der Waals surface area contributed by atoms with Crippen molar-refractivity contribution in [3.63, 3.8) is 0 Å². The van der Waals surface area contributed by atoms with E-state index < -0.39 is 0 Å². The van der Waals surface area contributed by atoms with E-state index in [2.05, 4.69) is 0 Å². The van der Waals surface area contributed by atoms with E-state index in [0.717, 1.165) is 12.8 Å². The highest BCUT2D eigenvalue weighted by Gasteiger charge is 2.46. The molecule has 88 valence electrons. The molecule has 1 amide bonds. The summed E-state index contributed by atoms with van der Waals surface area (Å²) in [6.07, 6.45) is 5.19. The third kappa shape index (κ3) is 1.72. The number of carbonyl (C=O) groups excluding carboxylic acids is 2. The SMILES string of the molecule is CCOC(=O)C1C(C)CC2CC=CC(=O)N21. The van der Waals surface area contributed by atoms with E-state index in [-0.39, 0.29) is 29.9 Å². The third-order valence-electron chi connectivity index (χ3n) is 3.33. The number of fused-ring (bicyclic) bond motifs is 1. The van der Waals surface area contributed by atoms with E-state index in [4.69, 9.17) is 4.74 Å². The van der Waals surface area contributed by atoms with Crippen LogP contribution < -0.4 is 0 Å². The van der Waals surface area contributed by atoms with Crippen LogP contribution in [-0.4, -0.2) is 35.5 Å². The molecule has 0 aromatic rings. The van der Waals surface area contributed by atoms with Gasteiger partial charge in [-0.3, -0.25) is 4.79 Å². The maximum Gasteiger partial charge on any atom is 0.329 e. The summed E-state index contributed by atoms with van der Waals surface area (Å²) in [4.78, 5) is 25.3. The number of hydrogen-bond acceptors (Lipinski definition) is 3. The molecule has 16 heavy (non-hydrogen) atoms. The molecular formula is C12H17NO3. The number of esters is 1. The molecule has 0 bridgehead atoms. The molecule has 2 rings (SSSR count). The molecule has 0 aliphatic carbocycles. The Bertz CT molecular complexity index is 337. The number of nitrogens with zero attached hydrogens (tertiary/aromatic N) is 1. The van der Waals surface area contributed by atoms with Crippen LogP contribution in [0.2, 0.25) is 0 Å². The lowest BCUT2D eigenvalue weighted by Crippen LogP contribution is -2.47. The van der Waals surface area contributed by atoms with Crippen molar-refractivity contribution in [2.75, 3.05) is 6.61 Å². The van der Waals surface area contributed by atoms with Gasteiger partial charge in [0, 0.05) is 6.04 Å². The van der Waals surface area contributed by atoms with Gasteiger partial charge in [-0.25, -0.2) is 4.79 Å². The maximum atomic E-state index is 11.8. The van der Waals surface area contributed by atoms with Crippen molar-refractivity contribution in [3.05, 3.63) is 12.2 Å². The van der Waals surface area contributed by atoms with E-state index in [0.29, 0.717) is 6.61 Å². The summed E-state index contributed by atoms with van der Waals surface area (Å²) in [7, 11) is 0. The average Bonchev–Trinajstić information content (AvgIpc) is 2.56. The molecule has 1 saturated heterocycles. The molecule has 0 spiro atoms. The molecule has 4 heteroatoms. The first-order valence-electron chi connectivity index (χ1n) is 5.80. The van der Waals surface area contributed by atoms with Gasteiger partial charge in [-0.2, -0.15) is 0 Å². The highest BCUT2D eigenvalue weighted by Crippen LogP contribution is 2.34. The number of ether oxygens (including phenoxy) is 1. The maximum absolute atomic E-state index is 11.8. The summed E-state index contributed by atoms with van der Waals surface area (Å²) in [5, 5.41) is 0. The first-order chi connectivity index (χ1) is 7.65. The van der Waals surface area contributed by atoms with Crippen molar-refractivity contribution in [2.24, 2.45) is 5.92 Å². The topological polar surface area (TPSA) is 46.6 Å². The molecule has 2 aliphatic heterocycles. The first kappa shape index (κ1) is 11.2. The van der Waals surface area contributed by atoms with Crippen molar-refractivity contribution in [1.82, 2.24) is 4.90 Å². The van der Waals surface area contributed by atoms with Crippen LogP contribution in [0.4, 0.5) is 0 Å². The molecule has 0 saturated carbocycles. The second-order valence-corrected chi connectivity index (χ2v) is 4.45. The number of hydrogen-bond donors (Lipinski definition) is 0. The standard InChI is InChI=1S/C12H17NO3/c1-3-16-12(15)11-8(2)7-9-5-4-6-10(14)13(9)11/h4,6,8-9,11H,3,5,7H2,1-2H3. The molecule has 0 aromatic heterocycles. The Kier molecular flexibility index (Phi) is 2.99. The van der Waals surface area contributed by atoms with Crippen molar-refractivity contribution in [3.8, 4) is 0 Å². The molecule has 3 unspecified atom stereocenters. The molecule has 2 heterocycles. The Balaban J connectivity index is 2.20.